The fourth-order valence-electron chi connectivity index (χ4n) is 4.75. The van der Waals surface area contributed by atoms with Crippen molar-refractivity contribution >= 4 is 124 Å². The van der Waals surface area contributed by atoms with E-state index in [2.05, 4.69) is 106 Å². The summed E-state index contributed by atoms with van der Waals surface area (Å²) in [4.78, 5) is 61.5. The first kappa shape index (κ1) is 38.8. The number of nitrogens with one attached hydrogen (secondary N) is 6. The van der Waals surface area contributed by atoms with Gasteiger partial charge in [-0.15, -0.1) is 9.03 Å². The summed E-state index contributed by atoms with van der Waals surface area (Å²) >= 11 is 0. The Hall–Kier alpha value is -8.44. The van der Waals surface area contributed by atoms with Crippen molar-refractivity contribution in [3.05, 3.63) is 24.3 Å². The Balaban J connectivity index is 1.64. The van der Waals surface area contributed by atoms with E-state index in [1.165, 1.54) is 4.21 Å². The molecule has 306 valence electrons. The molecule has 6 heterocycles. The topological polar surface area (TPSA) is 579 Å². The number of nitrogens with zero attached hydrogens (tertiary/aromatic N) is 18. The van der Waals surface area contributed by atoms with Crippen molar-refractivity contribution in [3.63, 3.8) is 0 Å². The molecule has 59 heavy (non-hydrogen) atoms. The standard InChI is InChI=1S/C21H32N35P3/c22-5-2-1-3-6(4-5)48-56-57(49-17-38-7(23)33-8(24)39-17)54-58(50-18-40-9(25)34-10(26)41-18,51-19-42-11(27)35-12(28)43-19)55-59(56,52-20-44-13(29)36-14(30)45-20)53-21-46-15(31)37-16(32)47-21/h1-4,48,57H,22H2,(H24,23,24,25,26,27,28,29,30,31,32,33,34,35,36,37,38,39,40,41,42,43,44,45,46,47,49,50,51,52,53,54)/p+1. The number of anilines is 17. The molecule has 5 aromatic heterocycles. The van der Waals surface area contributed by atoms with Gasteiger partial charge in [0, 0.05) is 5.69 Å². The SMILES string of the molecule is Nc1cccc(N[N+]2=P(Nc3nc(N)nc(N)n3)(Nc3nc(N)nc(N)n3)N=P(Nc3nc(N)nc(N)n3)(Nc3nc(N)nc(N)n3)N=[PH]2Nc2nc(N)nc(N)n2)c1. The maximum Gasteiger partial charge on any atom is 0.443 e. The maximum absolute atomic E-state index is 6.21. The van der Waals surface area contributed by atoms with Crippen molar-refractivity contribution in [2.24, 2.45) is 9.03 Å². The Morgan fingerprint density at radius 1 is 0.441 bits per heavy atom. The van der Waals surface area contributed by atoms with Gasteiger partial charge in [-0.2, -0.15) is 80.2 Å². The average Bonchev–Trinajstić information content (AvgIpc) is 3.07. The second-order valence-electron chi connectivity index (χ2n) is 11.2. The smallest absolute Gasteiger partial charge is 0.399 e. The highest BCUT2D eigenvalue weighted by atomic mass is 31.2. The lowest BCUT2D eigenvalue weighted by Crippen LogP contribution is -2.26. The molecule has 38 heteroatoms. The predicted molar refractivity (Wildman–Crippen MR) is 223 cm³/mol. The molecule has 0 aliphatic carbocycles. The fraction of sp³-hybridized carbons (Fsp3) is 0. The van der Waals surface area contributed by atoms with Gasteiger partial charge in [-0.05, 0) is 22.4 Å². The van der Waals surface area contributed by atoms with Gasteiger partial charge in [0.05, 0.1) is 5.69 Å². The molecule has 0 spiro atoms. The van der Waals surface area contributed by atoms with Gasteiger partial charge in [-0.3, -0.25) is 15.3 Å². The van der Waals surface area contributed by atoms with Crippen LogP contribution in [0.1, 0.15) is 0 Å². The average molecular weight is 869 g/mol. The highest BCUT2D eigenvalue weighted by Gasteiger charge is 2.47. The van der Waals surface area contributed by atoms with E-state index in [4.69, 9.17) is 72.1 Å². The van der Waals surface area contributed by atoms with E-state index >= 15 is 0 Å². The van der Waals surface area contributed by atoms with Gasteiger partial charge in [-0.25, -0.2) is 10.2 Å². The molecule has 0 bridgehead atoms. The van der Waals surface area contributed by atoms with Crippen molar-refractivity contribution < 1.29 is 4.21 Å². The number of benzene rings is 1. The molecule has 0 saturated carbocycles. The quantitative estimate of drug-likeness (QED) is 0.0469. The van der Waals surface area contributed by atoms with E-state index in [0.717, 1.165) is 0 Å². The van der Waals surface area contributed by atoms with Crippen molar-refractivity contribution in [1.82, 2.24) is 74.8 Å². The van der Waals surface area contributed by atoms with Crippen LogP contribution < -0.4 is 93.9 Å². The van der Waals surface area contributed by atoms with Crippen LogP contribution in [-0.2, 0) is 0 Å². The zero-order valence-electron chi connectivity index (χ0n) is 29.6. The summed E-state index contributed by atoms with van der Waals surface area (Å²) in [5.74, 6) is -3.88. The molecular weight excluding hydrogens is 835 g/mol. The first-order chi connectivity index (χ1) is 28.0. The van der Waals surface area contributed by atoms with Gasteiger partial charge in [0.15, 0.2) is 0 Å². The van der Waals surface area contributed by atoms with E-state index in [9.17, 15) is 0 Å². The molecule has 1 aromatic carbocycles. The van der Waals surface area contributed by atoms with E-state index in [0.29, 0.717) is 11.4 Å². The van der Waals surface area contributed by atoms with Crippen molar-refractivity contribution in [3.8, 4) is 0 Å². The summed E-state index contributed by atoms with van der Waals surface area (Å²) in [5, 5.41) is 15.7. The van der Waals surface area contributed by atoms with E-state index in [1.54, 1.807) is 24.3 Å². The van der Waals surface area contributed by atoms with Crippen LogP contribution in [0.4, 0.5) is 101 Å². The highest BCUT2D eigenvalue weighted by molar-refractivity contribution is 7.82. The minimum Gasteiger partial charge on any atom is -0.399 e. The Morgan fingerprint density at radius 2 is 0.797 bits per heavy atom. The molecule has 28 N–H and O–H groups in total. The third-order valence-corrected chi connectivity index (χ3v) is 15.8. The second-order valence-corrected chi connectivity index (χ2v) is 18.1. The van der Waals surface area contributed by atoms with Gasteiger partial charge in [0.1, 0.15) is 0 Å². The summed E-state index contributed by atoms with van der Waals surface area (Å²) in [7, 11) is -11.3. The molecule has 1 unspecified atom stereocenters. The molecule has 6 aromatic rings. The monoisotopic (exact) mass is 868 g/mol. The molecule has 0 fully saturated rings. The summed E-state index contributed by atoms with van der Waals surface area (Å²) in [6, 6.07) is 6.62. The van der Waals surface area contributed by atoms with Crippen LogP contribution in [0.25, 0.3) is 0 Å². The van der Waals surface area contributed by atoms with Crippen molar-refractivity contribution in [2.45, 2.75) is 0 Å². The largest absolute Gasteiger partial charge is 0.443 e. The number of hydrogen-bond donors (Lipinski definition) is 17. The van der Waals surface area contributed by atoms with Crippen molar-refractivity contribution in [2.75, 3.05) is 93.9 Å². The zero-order valence-corrected chi connectivity index (χ0v) is 32.4. The first-order valence-electron chi connectivity index (χ1n) is 15.8. The molecular formula is C21H33N35P3+. The number of nitrogens with two attached hydrogens (primary N) is 11. The number of hydrazine groups is 1. The van der Waals surface area contributed by atoms with Crippen LogP contribution in [0, 0.1) is 0 Å². The van der Waals surface area contributed by atoms with E-state index in [1.807, 2.05) is 0 Å². The number of aromatic nitrogens is 15. The number of rotatable bonds is 12. The number of nitrogen functional groups attached to an aromatic ring is 11. The van der Waals surface area contributed by atoms with Crippen LogP contribution in [0.3, 0.4) is 0 Å². The minimum absolute atomic E-state index is 0.158. The van der Waals surface area contributed by atoms with Gasteiger partial charge in [0.25, 0.3) is 7.51 Å². The lowest BCUT2D eigenvalue weighted by molar-refractivity contribution is -0.298. The normalized spacial score (nSPS) is 15.2. The molecule has 7 rings (SSSR count). The maximum atomic E-state index is 6.21. The molecule has 35 nitrogen and oxygen atoms in total. The van der Waals surface area contributed by atoms with Crippen LogP contribution in [0.15, 0.2) is 33.3 Å². The molecule has 1 aliphatic rings. The van der Waals surface area contributed by atoms with Crippen LogP contribution in [-0.4, -0.2) is 79.0 Å². The molecule has 0 amide bonds. The van der Waals surface area contributed by atoms with Gasteiger partial charge in [-0.1, -0.05) is 6.07 Å². The summed E-state index contributed by atoms with van der Waals surface area (Å²) in [5.41, 5.74) is 70.3. The summed E-state index contributed by atoms with van der Waals surface area (Å²) < 4.78 is 11.9. The summed E-state index contributed by atoms with van der Waals surface area (Å²) in [6.45, 7) is 0. The Kier molecular flexibility index (Phi) is 10.0. The second kappa shape index (κ2) is 15.2. The molecule has 1 aliphatic heterocycles. The van der Waals surface area contributed by atoms with Crippen LogP contribution in [0.2, 0.25) is 0 Å². The lowest BCUT2D eigenvalue weighted by atomic mass is 10.3. The van der Waals surface area contributed by atoms with E-state index < -0.39 is 23.0 Å². The van der Waals surface area contributed by atoms with Gasteiger partial charge >= 0.3 is 15.5 Å². The number of hydrogen-bond acceptors (Lipinski definition) is 34. The zero-order chi connectivity index (χ0) is 42.1. The van der Waals surface area contributed by atoms with Gasteiger partial charge in [0.2, 0.25) is 89.2 Å². The molecule has 0 radical (unpaired) electrons. The Morgan fingerprint density at radius 3 is 1.17 bits per heavy atom. The third-order valence-electron chi connectivity index (χ3n) is 6.71. The fourth-order valence-corrected chi connectivity index (χ4v) is 14.9. The van der Waals surface area contributed by atoms with Crippen molar-refractivity contribution in [1.29, 1.82) is 0 Å². The Labute approximate surface area is 329 Å². The van der Waals surface area contributed by atoms with Crippen LogP contribution in [0.5, 0.6) is 0 Å². The summed E-state index contributed by atoms with van der Waals surface area (Å²) in [6.07, 6.45) is 0. The Bertz CT molecular complexity index is 2540. The van der Waals surface area contributed by atoms with Crippen LogP contribution >= 0.6 is 23.0 Å². The molecule has 0 saturated heterocycles. The first-order valence-corrected chi connectivity index (χ1v) is 20.6. The predicted octanol–water partition coefficient (Wildman–Crippen LogP) is -1.95. The minimum atomic E-state index is -4.17. The van der Waals surface area contributed by atoms with E-state index in [-0.39, 0.29) is 89.2 Å². The third kappa shape index (κ3) is 9.17. The highest BCUT2D eigenvalue weighted by Crippen LogP contribution is 2.70. The molecule has 1 atom stereocenters. The van der Waals surface area contributed by atoms with Gasteiger partial charge < -0.3 is 63.1 Å². The lowest BCUT2D eigenvalue weighted by Gasteiger charge is -2.31.